The predicted molar refractivity (Wildman–Crippen MR) is 119 cm³/mol. The van der Waals surface area contributed by atoms with Crippen molar-refractivity contribution in [1.29, 1.82) is 0 Å². The molecule has 0 saturated carbocycles. The summed E-state index contributed by atoms with van der Waals surface area (Å²) in [4.78, 5) is 27.7. The van der Waals surface area contributed by atoms with Crippen molar-refractivity contribution in [1.82, 2.24) is 24.1 Å². The van der Waals surface area contributed by atoms with Crippen LogP contribution in [0.5, 0.6) is 0 Å². The minimum Gasteiger partial charge on any atom is -0.385 e. The van der Waals surface area contributed by atoms with Gasteiger partial charge in [-0.25, -0.2) is 0 Å². The second-order valence-corrected chi connectivity index (χ2v) is 8.41. The second-order valence-electron chi connectivity index (χ2n) is 7.47. The number of hydrogen-bond donors (Lipinski definition) is 0. The highest BCUT2D eigenvalue weighted by Crippen LogP contribution is 2.22. The fourth-order valence-corrected chi connectivity index (χ4v) is 4.65. The lowest BCUT2D eigenvalue weighted by Crippen LogP contribution is -2.46. The maximum absolute atomic E-state index is 13.0. The molecule has 1 aromatic carbocycles. The predicted octanol–water partition coefficient (Wildman–Crippen LogP) is 1.81. The van der Waals surface area contributed by atoms with E-state index in [1.165, 1.54) is 11.8 Å². The highest BCUT2D eigenvalue weighted by molar-refractivity contribution is 7.99. The van der Waals surface area contributed by atoms with Crippen molar-refractivity contribution >= 4 is 34.3 Å². The molecule has 0 bridgehead atoms. The zero-order valence-electron chi connectivity index (χ0n) is 17.8. The smallest absolute Gasteiger partial charge is 0.262 e. The molecule has 3 heterocycles. The monoisotopic (exact) mass is 445 g/mol. The molecular weight excluding hydrogens is 418 g/mol. The third-order valence-corrected chi connectivity index (χ3v) is 6.39. The van der Waals surface area contributed by atoms with Crippen LogP contribution < -0.4 is 5.56 Å². The van der Waals surface area contributed by atoms with E-state index < -0.39 is 0 Å². The number of thioether (sulfide) groups is 1. The standard InChI is InChI=1S/C21H27N5O4S/c1-3-15-13-24(10-12-30-15)18(27)14-31-21-23-22-20-25(9-6-11-29-2)19(28)16-7-4-5-8-17(16)26(20)21/h4-5,7-8,15H,3,6,9-14H2,1-2H3. The summed E-state index contributed by atoms with van der Waals surface area (Å²) in [7, 11) is 1.64. The van der Waals surface area contributed by atoms with Crippen LogP contribution in [0.25, 0.3) is 16.7 Å². The molecule has 1 saturated heterocycles. The van der Waals surface area contributed by atoms with Crippen LogP contribution in [-0.2, 0) is 20.8 Å². The van der Waals surface area contributed by atoms with Gasteiger partial charge in [0.2, 0.25) is 11.7 Å². The second kappa shape index (κ2) is 9.80. The van der Waals surface area contributed by atoms with Crippen molar-refractivity contribution in [2.24, 2.45) is 0 Å². The van der Waals surface area contributed by atoms with Crippen molar-refractivity contribution in [3.8, 4) is 0 Å². The number of benzene rings is 1. The molecule has 0 radical (unpaired) electrons. The van der Waals surface area contributed by atoms with E-state index in [9.17, 15) is 9.59 Å². The van der Waals surface area contributed by atoms with Gasteiger partial charge in [0, 0.05) is 33.4 Å². The van der Waals surface area contributed by atoms with Crippen molar-refractivity contribution in [3.05, 3.63) is 34.6 Å². The Balaban J connectivity index is 1.63. The van der Waals surface area contributed by atoms with Crippen LogP contribution in [0, 0.1) is 0 Å². The number of hydrogen-bond acceptors (Lipinski definition) is 7. The highest BCUT2D eigenvalue weighted by Gasteiger charge is 2.24. The molecule has 2 aromatic heterocycles. The van der Waals surface area contributed by atoms with E-state index in [1.807, 2.05) is 33.6 Å². The average molecular weight is 446 g/mol. The van der Waals surface area contributed by atoms with Crippen molar-refractivity contribution < 1.29 is 14.3 Å². The average Bonchev–Trinajstić information content (AvgIpc) is 3.23. The van der Waals surface area contributed by atoms with Gasteiger partial charge in [0.25, 0.3) is 5.56 Å². The summed E-state index contributed by atoms with van der Waals surface area (Å²) in [6, 6.07) is 7.42. The van der Waals surface area contributed by atoms with Gasteiger partial charge in [-0.3, -0.25) is 18.6 Å². The fraction of sp³-hybridized carbons (Fsp3) is 0.524. The molecule has 0 aliphatic carbocycles. The Labute approximate surface area is 184 Å². The Morgan fingerprint density at radius 1 is 1.32 bits per heavy atom. The number of fused-ring (bicyclic) bond motifs is 3. The molecule has 1 unspecified atom stereocenters. The van der Waals surface area contributed by atoms with Crippen LogP contribution in [0.15, 0.2) is 34.2 Å². The van der Waals surface area contributed by atoms with Gasteiger partial charge in [0.1, 0.15) is 0 Å². The molecule has 1 amide bonds. The summed E-state index contributed by atoms with van der Waals surface area (Å²) in [5, 5.41) is 9.80. The number of carbonyl (C=O) groups excluding carboxylic acids is 1. The Kier molecular flexibility index (Phi) is 6.89. The van der Waals surface area contributed by atoms with Gasteiger partial charge in [-0.15, -0.1) is 10.2 Å². The summed E-state index contributed by atoms with van der Waals surface area (Å²) >= 11 is 1.34. The first kappa shape index (κ1) is 21.8. The summed E-state index contributed by atoms with van der Waals surface area (Å²) in [5.41, 5.74) is 0.640. The van der Waals surface area contributed by atoms with E-state index in [2.05, 4.69) is 17.1 Å². The lowest BCUT2D eigenvalue weighted by molar-refractivity contribution is -0.135. The Bertz CT molecular complexity index is 1130. The van der Waals surface area contributed by atoms with Gasteiger partial charge in [-0.05, 0) is 25.0 Å². The van der Waals surface area contributed by atoms with E-state index in [1.54, 1.807) is 11.7 Å². The zero-order chi connectivity index (χ0) is 21.8. The third-order valence-electron chi connectivity index (χ3n) is 5.48. The largest absolute Gasteiger partial charge is 0.385 e. The molecule has 4 rings (SSSR count). The lowest BCUT2D eigenvalue weighted by atomic mass is 10.2. The minimum atomic E-state index is -0.0989. The normalized spacial score (nSPS) is 17.0. The molecule has 9 nitrogen and oxygen atoms in total. The van der Waals surface area contributed by atoms with Crippen LogP contribution in [0.4, 0.5) is 0 Å². The SMILES string of the molecule is CCC1CN(C(=O)CSc2nnc3n(CCCOC)c(=O)c4ccccc4n23)CCO1. The maximum atomic E-state index is 13.0. The molecule has 166 valence electrons. The first-order chi connectivity index (χ1) is 15.1. The van der Waals surface area contributed by atoms with Gasteiger partial charge in [-0.1, -0.05) is 30.8 Å². The Morgan fingerprint density at radius 2 is 2.16 bits per heavy atom. The number of carbonyl (C=O) groups is 1. The molecule has 3 aromatic rings. The van der Waals surface area contributed by atoms with E-state index in [0.29, 0.717) is 55.6 Å². The molecule has 10 heteroatoms. The molecule has 1 aliphatic heterocycles. The van der Waals surface area contributed by atoms with Crippen LogP contribution >= 0.6 is 11.8 Å². The van der Waals surface area contributed by atoms with E-state index >= 15 is 0 Å². The number of amides is 1. The maximum Gasteiger partial charge on any atom is 0.262 e. The Hall–Kier alpha value is -2.43. The summed E-state index contributed by atoms with van der Waals surface area (Å²) in [6.45, 7) is 4.90. The molecule has 1 fully saturated rings. The van der Waals surface area contributed by atoms with Gasteiger partial charge < -0.3 is 14.4 Å². The molecule has 31 heavy (non-hydrogen) atoms. The number of aryl methyl sites for hydroxylation is 1. The lowest BCUT2D eigenvalue weighted by Gasteiger charge is -2.32. The number of methoxy groups -OCH3 is 1. The van der Waals surface area contributed by atoms with Gasteiger partial charge in [0.15, 0.2) is 5.16 Å². The third kappa shape index (κ3) is 4.46. The first-order valence-corrected chi connectivity index (χ1v) is 11.5. The summed E-state index contributed by atoms with van der Waals surface area (Å²) < 4.78 is 14.3. The molecule has 1 atom stereocenters. The molecule has 0 spiro atoms. The number of morpholine rings is 1. The number of nitrogens with zero attached hydrogens (tertiary/aromatic N) is 5. The van der Waals surface area contributed by atoms with E-state index in [4.69, 9.17) is 9.47 Å². The van der Waals surface area contributed by atoms with Crippen LogP contribution in [0.1, 0.15) is 19.8 Å². The van der Waals surface area contributed by atoms with Crippen LogP contribution in [0.3, 0.4) is 0 Å². The van der Waals surface area contributed by atoms with Crippen LogP contribution in [0.2, 0.25) is 0 Å². The van der Waals surface area contributed by atoms with Crippen molar-refractivity contribution in [2.45, 2.75) is 37.6 Å². The highest BCUT2D eigenvalue weighted by atomic mass is 32.2. The fourth-order valence-electron chi connectivity index (χ4n) is 3.81. The van der Waals surface area contributed by atoms with Crippen LogP contribution in [-0.4, -0.2) is 75.2 Å². The van der Waals surface area contributed by atoms with Crippen molar-refractivity contribution in [2.75, 3.05) is 39.2 Å². The molecule has 0 N–H and O–H groups in total. The zero-order valence-corrected chi connectivity index (χ0v) is 18.6. The summed E-state index contributed by atoms with van der Waals surface area (Å²) in [5.74, 6) is 0.794. The van der Waals surface area contributed by atoms with E-state index in [0.717, 1.165) is 11.9 Å². The van der Waals surface area contributed by atoms with Crippen molar-refractivity contribution in [3.63, 3.8) is 0 Å². The topological polar surface area (TPSA) is 91.0 Å². The van der Waals surface area contributed by atoms with E-state index in [-0.39, 0.29) is 23.3 Å². The minimum absolute atomic E-state index is 0.0567. The number of aromatic nitrogens is 4. The molecular formula is C21H27N5O4S. The van der Waals surface area contributed by atoms with Gasteiger partial charge >= 0.3 is 0 Å². The Morgan fingerprint density at radius 3 is 2.97 bits per heavy atom. The van der Waals surface area contributed by atoms with Gasteiger partial charge in [-0.2, -0.15) is 0 Å². The number of ether oxygens (including phenoxy) is 2. The summed E-state index contributed by atoms with van der Waals surface area (Å²) in [6.07, 6.45) is 1.67. The quantitative estimate of drug-likeness (QED) is 0.386. The number of para-hydroxylation sites is 1. The first-order valence-electron chi connectivity index (χ1n) is 10.5. The molecule has 1 aliphatic rings. The van der Waals surface area contributed by atoms with Gasteiger partial charge in [0.05, 0.1) is 29.4 Å². The number of rotatable bonds is 8.